The number of nitriles is 1. The summed E-state index contributed by atoms with van der Waals surface area (Å²) in [4.78, 5) is 3.42. The number of aromatic nitrogens is 1. The molecule has 100 valence electrons. The summed E-state index contributed by atoms with van der Waals surface area (Å²) in [7, 11) is 0. The monoisotopic (exact) mass is 272 g/mol. The van der Waals surface area contributed by atoms with Crippen molar-refractivity contribution in [2.45, 2.75) is 38.1 Å². The largest absolute Gasteiger partial charge is 0.350 e. The number of fused-ring (bicyclic) bond motifs is 1. The van der Waals surface area contributed by atoms with Crippen molar-refractivity contribution >= 4 is 22.7 Å². The number of benzene rings is 1. The maximum absolute atomic E-state index is 8.95. The number of hydrogen-bond donors (Lipinski definition) is 1. The smallest absolute Gasteiger partial charge is 0.0732 e. The lowest BCUT2D eigenvalue weighted by Crippen LogP contribution is -2.07. The molecular formula is C16H20N2S. The third-order valence-electron chi connectivity index (χ3n) is 3.26. The van der Waals surface area contributed by atoms with Gasteiger partial charge >= 0.3 is 0 Å². The van der Waals surface area contributed by atoms with Gasteiger partial charge in [-0.05, 0) is 44.6 Å². The summed E-state index contributed by atoms with van der Waals surface area (Å²) in [6, 6.07) is 12.9. The van der Waals surface area contributed by atoms with E-state index in [-0.39, 0.29) is 5.41 Å². The second kappa shape index (κ2) is 6.16. The summed E-state index contributed by atoms with van der Waals surface area (Å²) in [5.41, 5.74) is 1.03. The van der Waals surface area contributed by atoms with Crippen LogP contribution in [-0.2, 0) is 0 Å². The highest BCUT2D eigenvalue weighted by Gasteiger charge is 2.15. The van der Waals surface area contributed by atoms with E-state index in [9.17, 15) is 0 Å². The quantitative estimate of drug-likeness (QED) is 0.595. The van der Waals surface area contributed by atoms with E-state index in [1.165, 1.54) is 15.9 Å². The molecule has 0 amide bonds. The lowest BCUT2D eigenvalue weighted by Gasteiger charge is -2.13. The first kappa shape index (κ1) is 14.0. The number of unbranched alkanes of at least 4 members (excludes halogenated alkanes) is 1. The third-order valence-corrected chi connectivity index (χ3v) is 4.29. The van der Waals surface area contributed by atoms with Gasteiger partial charge in [-0.15, -0.1) is 11.8 Å². The molecule has 0 saturated carbocycles. The molecule has 0 bridgehead atoms. The van der Waals surface area contributed by atoms with E-state index in [4.69, 9.17) is 5.26 Å². The number of thioether (sulfide) groups is 1. The molecule has 2 rings (SSSR count). The fourth-order valence-electron chi connectivity index (χ4n) is 2.03. The lowest BCUT2D eigenvalue weighted by molar-refractivity contribution is 0.433. The minimum Gasteiger partial charge on any atom is -0.350 e. The topological polar surface area (TPSA) is 39.6 Å². The van der Waals surface area contributed by atoms with Gasteiger partial charge < -0.3 is 4.98 Å². The van der Waals surface area contributed by atoms with E-state index >= 15 is 0 Å². The first-order valence-electron chi connectivity index (χ1n) is 6.72. The van der Waals surface area contributed by atoms with Crippen molar-refractivity contribution in [3.05, 3.63) is 30.3 Å². The van der Waals surface area contributed by atoms with E-state index in [1.54, 1.807) is 0 Å². The number of H-pyrrole nitrogens is 1. The van der Waals surface area contributed by atoms with Crippen molar-refractivity contribution in [3.8, 4) is 6.07 Å². The predicted octanol–water partition coefficient (Wildman–Crippen LogP) is 4.98. The maximum Gasteiger partial charge on any atom is 0.0732 e. The predicted molar refractivity (Wildman–Crippen MR) is 82.3 cm³/mol. The van der Waals surface area contributed by atoms with Crippen molar-refractivity contribution < 1.29 is 0 Å². The number of para-hydroxylation sites is 1. The summed E-state index contributed by atoms with van der Waals surface area (Å²) < 4.78 is 0. The van der Waals surface area contributed by atoms with Crippen LogP contribution in [0.2, 0.25) is 0 Å². The highest BCUT2D eigenvalue weighted by atomic mass is 32.2. The van der Waals surface area contributed by atoms with Gasteiger partial charge in [0.1, 0.15) is 0 Å². The van der Waals surface area contributed by atoms with Crippen LogP contribution in [0.3, 0.4) is 0 Å². The molecule has 1 aromatic heterocycles. The zero-order valence-electron chi connectivity index (χ0n) is 11.6. The van der Waals surface area contributed by atoms with Crippen molar-refractivity contribution in [2.24, 2.45) is 5.41 Å². The summed E-state index contributed by atoms with van der Waals surface area (Å²) in [5.74, 6) is 1.11. The highest BCUT2D eigenvalue weighted by Crippen LogP contribution is 2.26. The first-order chi connectivity index (χ1) is 9.11. The maximum atomic E-state index is 8.95. The molecule has 0 radical (unpaired) electrons. The van der Waals surface area contributed by atoms with Gasteiger partial charge in [-0.25, -0.2) is 0 Å². The van der Waals surface area contributed by atoms with E-state index in [1.807, 2.05) is 25.6 Å². The van der Waals surface area contributed by atoms with Crippen LogP contribution in [0.1, 0.15) is 33.1 Å². The van der Waals surface area contributed by atoms with Gasteiger partial charge in [0.2, 0.25) is 0 Å². The fraction of sp³-hybridized carbons (Fsp3) is 0.438. The zero-order valence-corrected chi connectivity index (χ0v) is 12.4. The van der Waals surface area contributed by atoms with Crippen LogP contribution in [0.5, 0.6) is 0 Å². The first-order valence-corrected chi connectivity index (χ1v) is 7.71. The molecule has 2 aromatic rings. The minimum absolute atomic E-state index is 0.175. The van der Waals surface area contributed by atoms with Gasteiger partial charge in [0, 0.05) is 10.9 Å². The molecule has 3 heteroatoms. The Morgan fingerprint density at radius 2 is 2.05 bits per heavy atom. The van der Waals surface area contributed by atoms with Crippen molar-refractivity contribution in [1.29, 1.82) is 5.26 Å². The van der Waals surface area contributed by atoms with Crippen molar-refractivity contribution in [3.63, 3.8) is 0 Å². The Hall–Kier alpha value is -1.40. The van der Waals surface area contributed by atoms with Crippen LogP contribution < -0.4 is 0 Å². The van der Waals surface area contributed by atoms with E-state index < -0.39 is 0 Å². The second-order valence-corrected chi connectivity index (χ2v) is 6.66. The second-order valence-electron chi connectivity index (χ2n) is 5.52. The average molecular weight is 272 g/mol. The molecule has 1 N–H and O–H groups in total. The summed E-state index contributed by atoms with van der Waals surface area (Å²) in [5, 5.41) is 11.5. The molecule has 1 heterocycles. The zero-order chi connectivity index (χ0) is 13.7. The number of nitrogens with one attached hydrogen (secondary N) is 1. The van der Waals surface area contributed by atoms with Gasteiger partial charge in [-0.3, -0.25) is 0 Å². The molecule has 1 aromatic carbocycles. The minimum atomic E-state index is -0.175. The Morgan fingerprint density at radius 1 is 1.26 bits per heavy atom. The molecule has 0 unspecified atom stereocenters. The molecule has 0 fully saturated rings. The van der Waals surface area contributed by atoms with Crippen molar-refractivity contribution in [1.82, 2.24) is 4.98 Å². The fourth-order valence-corrected chi connectivity index (χ4v) is 2.99. The molecule has 0 spiro atoms. The molecule has 0 atom stereocenters. The van der Waals surface area contributed by atoms with Gasteiger partial charge in [0.25, 0.3) is 0 Å². The van der Waals surface area contributed by atoms with Crippen LogP contribution in [0.25, 0.3) is 10.9 Å². The molecule has 0 aliphatic rings. The van der Waals surface area contributed by atoms with Crippen LogP contribution in [0.4, 0.5) is 0 Å². The number of nitrogens with zero attached hydrogens (tertiary/aromatic N) is 1. The molecular weight excluding hydrogens is 252 g/mol. The molecule has 2 nitrogen and oxygen atoms in total. The van der Waals surface area contributed by atoms with Gasteiger partial charge in [-0.2, -0.15) is 5.26 Å². The molecule has 0 aliphatic heterocycles. The van der Waals surface area contributed by atoms with Gasteiger partial charge in [0.15, 0.2) is 0 Å². The Balaban J connectivity index is 1.76. The van der Waals surface area contributed by atoms with Gasteiger partial charge in [-0.1, -0.05) is 24.6 Å². The Bertz CT molecular complexity index is 545. The SMILES string of the molecule is CC(C)(C#N)CCCCSc1cc2ccccc2[nH]1. The average Bonchev–Trinajstić information content (AvgIpc) is 2.81. The van der Waals surface area contributed by atoms with E-state index in [0.717, 1.165) is 25.0 Å². The Labute approximate surface area is 119 Å². The van der Waals surface area contributed by atoms with Crippen LogP contribution in [0.15, 0.2) is 35.4 Å². The van der Waals surface area contributed by atoms with Crippen LogP contribution in [-0.4, -0.2) is 10.7 Å². The summed E-state index contributed by atoms with van der Waals surface area (Å²) >= 11 is 1.87. The van der Waals surface area contributed by atoms with Gasteiger partial charge in [0.05, 0.1) is 16.5 Å². The highest BCUT2D eigenvalue weighted by molar-refractivity contribution is 7.99. The molecule has 0 saturated heterocycles. The standard InChI is InChI=1S/C16H20N2S/c1-16(2,12-17)9-5-6-10-19-15-11-13-7-3-4-8-14(13)18-15/h3-4,7-8,11,18H,5-6,9-10H2,1-2H3. The Kier molecular flexibility index (Phi) is 4.55. The number of rotatable bonds is 6. The molecule has 0 aliphatic carbocycles. The third kappa shape index (κ3) is 4.04. The van der Waals surface area contributed by atoms with Crippen molar-refractivity contribution in [2.75, 3.05) is 5.75 Å². The summed E-state index contributed by atoms with van der Waals surface area (Å²) in [6.45, 7) is 4.02. The summed E-state index contributed by atoms with van der Waals surface area (Å²) in [6.07, 6.45) is 3.26. The molecule has 19 heavy (non-hydrogen) atoms. The Morgan fingerprint density at radius 3 is 2.79 bits per heavy atom. The lowest BCUT2D eigenvalue weighted by atomic mass is 9.89. The van der Waals surface area contributed by atoms with E-state index in [0.29, 0.717) is 0 Å². The number of hydrogen-bond acceptors (Lipinski definition) is 2. The van der Waals surface area contributed by atoms with E-state index in [2.05, 4.69) is 41.4 Å². The van der Waals surface area contributed by atoms with Crippen LogP contribution >= 0.6 is 11.8 Å². The number of aromatic amines is 1. The normalized spacial score (nSPS) is 11.6. The van der Waals surface area contributed by atoms with Crippen LogP contribution in [0, 0.1) is 16.7 Å².